The number of nitrogens with zero attached hydrogens (tertiary/aromatic N) is 3. The van der Waals surface area contributed by atoms with E-state index in [0.29, 0.717) is 17.8 Å². The molecule has 0 unspecified atom stereocenters. The van der Waals surface area contributed by atoms with Crippen LogP contribution >= 0.6 is 11.3 Å². The highest BCUT2D eigenvalue weighted by Crippen LogP contribution is 2.22. The number of carbonyl (C=O) groups is 1. The molecule has 1 aromatic heterocycles. The predicted molar refractivity (Wildman–Crippen MR) is 125 cm³/mol. The molecule has 0 spiro atoms. The lowest BCUT2D eigenvalue weighted by Gasteiger charge is -2.25. The normalized spacial score (nSPS) is 13.1. The first-order valence-corrected chi connectivity index (χ1v) is 12.8. The van der Waals surface area contributed by atoms with Gasteiger partial charge in [0.2, 0.25) is 10.0 Å². The molecule has 0 aliphatic heterocycles. The zero-order chi connectivity index (χ0) is 24.5. The zero-order valence-electron chi connectivity index (χ0n) is 19.2. The van der Waals surface area contributed by atoms with Crippen molar-refractivity contribution >= 4 is 37.5 Å². The van der Waals surface area contributed by atoms with Crippen molar-refractivity contribution < 1.29 is 22.0 Å². The van der Waals surface area contributed by atoms with Gasteiger partial charge in [0.15, 0.2) is 10.6 Å². The van der Waals surface area contributed by atoms with Crippen LogP contribution in [0.15, 0.2) is 46.3 Å². The molecule has 1 heterocycles. The van der Waals surface area contributed by atoms with Crippen LogP contribution in [0.5, 0.6) is 0 Å². The molecule has 178 valence electrons. The Labute approximate surface area is 196 Å². The van der Waals surface area contributed by atoms with Crippen molar-refractivity contribution in [3.63, 3.8) is 0 Å². The highest BCUT2D eigenvalue weighted by Gasteiger charge is 2.26. The first-order chi connectivity index (χ1) is 15.4. The van der Waals surface area contributed by atoms with Crippen LogP contribution < -0.4 is 4.80 Å². The fourth-order valence-corrected chi connectivity index (χ4v) is 6.28. The summed E-state index contributed by atoms with van der Waals surface area (Å²) in [7, 11) is -2.17. The van der Waals surface area contributed by atoms with E-state index in [1.807, 2.05) is 27.7 Å². The van der Waals surface area contributed by atoms with Crippen molar-refractivity contribution in [1.29, 1.82) is 0 Å². The molecular weight excluding hydrogens is 468 g/mol. The van der Waals surface area contributed by atoms with Gasteiger partial charge in [0.05, 0.1) is 15.1 Å². The Morgan fingerprint density at radius 3 is 2.18 bits per heavy atom. The van der Waals surface area contributed by atoms with E-state index in [4.69, 9.17) is 0 Å². The van der Waals surface area contributed by atoms with Gasteiger partial charge in [-0.05, 0) is 42.2 Å². The monoisotopic (exact) mass is 495 g/mol. The molecule has 0 aliphatic carbocycles. The highest BCUT2D eigenvalue weighted by atomic mass is 32.2. The van der Waals surface area contributed by atoms with Crippen LogP contribution in [0.3, 0.4) is 0 Å². The van der Waals surface area contributed by atoms with Crippen molar-refractivity contribution in [2.75, 3.05) is 13.1 Å². The molecule has 0 radical (unpaired) electrons. The first kappa shape index (κ1) is 25.2. The third kappa shape index (κ3) is 5.56. The van der Waals surface area contributed by atoms with E-state index in [-0.39, 0.29) is 32.6 Å². The lowest BCUT2D eigenvalue weighted by molar-refractivity contribution is 0.0998. The summed E-state index contributed by atoms with van der Waals surface area (Å²) in [6.45, 7) is 8.63. The van der Waals surface area contributed by atoms with Crippen LogP contribution in [-0.2, 0) is 17.1 Å². The van der Waals surface area contributed by atoms with Crippen LogP contribution in [0.4, 0.5) is 8.78 Å². The average molecular weight is 496 g/mol. The number of amides is 1. The van der Waals surface area contributed by atoms with Gasteiger partial charge in [0.25, 0.3) is 5.91 Å². The topological polar surface area (TPSA) is 71.7 Å². The zero-order valence-corrected chi connectivity index (χ0v) is 20.8. The van der Waals surface area contributed by atoms with Crippen molar-refractivity contribution in [3.8, 4) is 0 Å². The standard InChI is InChI=1S/C23H27F2N3O3S2/c1-14(2)12-28(13-15(3)4)33(30,31)18-8-6-16(7-9-18)22(29)26-23-27(5)21-19(25)10-17(24)11-20(21)32-23/h6-11,14-15H,12-13H2,1-5H3. The Morgan fingerprint density at radius 1 is 1.06 bits per heavy atom. The van der Waals surface area contributed by atoms with Crippen LogP contribution in [-0.4, -0.2) is 36.3 Å². The minimum Gasteiger partial charge on any atom is -0.317 e. The maximum atomic E-state index is 14.1. The summed E-state index contributed by atoms with van der Waals surface area (Å²) < 4.78 is 57.1. The molecule has 0 saturated heterocycles. The van der Waals surface area contributed by atoms with E-state index in [1.165, 1.54) is 39.2 Å². The first-order valence-electron chi connectivity index (χ1n) is 10.5. The van der Waals surface area contributed by atoms with Gasteiger partial charge in [-0.25, -0.2) is 17.2 Å². The molecule has 0 bridgehead atoms. The predicted octanol–water partition coefficient (Wildman–Crippen LogP) is 4.56. The third-order valence-corrected chi connectivity index (χ3v) is 7.82. The van der Waals surface area contributed by atoms with Crippen molar-refractivity contribution in [2.24, 2.45) is 23.9 Å². The summed E-state index contributed by atoms with van der Waals surface area (Å²) in [5.41, 5.74) is 0.349. The van der Waals surface area contributed by atoms with Gasteiger partial charge in [-0.2, -0.15) is 9.30 Å². The molecule has 3 aromatic rings. The summed E-state index contributed by atoms with van der Waals surface area (Å²) in [6, 6.07) is 7.58. The summed E-state index contributed by atoms with van der Waals surface area (Å²) in [5, 5.41) is 0. The number of hydrogen-bond donors (Lipinski definition) is 0. The number of benzene rings is 2. The minimum absolute atomic E-state index is 0.102. The molecule has 33 heavy (non-hydrogen) atoms. The molecule has 3 rings (SSSR count). The second kappa shape index (κ2) is 9.82. The van der Waals surface area contributed by atoms with E-state index >= 15 is 0 Å². The molecule has 2 aromatic carbocycles. The molecule has 0 saturated carbocycles. The van der Waals surface area contributed by atoms with Crippen molar-refractivity contribution in [3.05, 3.63) is 58.4 Å². The SMILES string of the molecule is CC(C)CN(CC(C)C)S(=O)(=O)c1ccc(C(=O)N=c2sc3cc(F)cc(F)c3n2C)cc1. The highest BCUT2D eigenvalue weighted by molar-refractivity contribution is 7.89. The van der Waals surface area contributed by atoms with Gasteiger partial charge in [-0.3, -0.25) is 4.79 Å². The molecule has 0 atom stereocenters. The van der Waals surface area contributed by atoms with Crippen LogP contribution in [0.2, 0.25) is 0 Å². The maximum absolute atomic E-state index is 14.1. The Balaban J connectivity index is 1.92. The second-order valence-corrected chi connectivity index (χ2v) is 11.7. The van der Waals surface area contributed by atoms with E-state index < -0.39 is 27.6 Å². The van der Waals surface area contributed by atoms with Crippen molar-refractivity contribution in [1.82, 2.24) is 8.87 Å². The average Bonchev–Trinajstić information content (AvgIpc) is 3.02. The fraction of sp³-hybridized carbons (Fsp3) is 0.391. The number of thiazole rings is 1. The van der Waals surface area contributed by atoms with Gasteiger partial charge < -0.3 is 4.57 Å². The van der Waals surface area contributed by atoms with Crippen LogP contribution in [0, 0.1) is 23.5 Å². The van der Waals surface area contributed by atoms with E-state index in [1.54, 1.807) is 7.05 Å². The number of aromatic nitrogens is 1. The third-order valence-electron chi connectivity index (χ3n) is 4.89. The Hall–Kier alpha value is -2.43. The lowest BCUT2D eigenvalue weighted by atomic mass is 10.2. The Morgan fingerprint density at radius 2 is 1.64 bits per heavy atom. The molecule has 1 amide bonds. The summed E-state index contributed by atoms with van der Waals surface area (Å²) >= 11 is 0.991. The van der Waals surface area contributed by atoms with Gasteiger partial charge in [-0.15, -0.1) is 0 Å². The molecular formula is C23H27F2N3O3S2. The molecule has 0 aliphatic rings. The lowest BCUT2D eigenvalue weighted by Crippen LogP contribution is -2.37. The number of fused-ring (bicyclic) bond motifs is 1. The number of rotatable bonds is 7. The maximum Gasteiger partial charge on any atom is 0.279 e. The summed E-state index contributed by atoms with van der Waals surface area (Å²) in [4.78, 5) is 17.0. The van der Waals surface area contributed by atoms with Gasteiger partial charge in [0, 0.05) is 31.8 Å². The van der Waals surface area contributed by atoms with Gasteiger partial charge >= 0.3 is 0 Å². The molecule has 0 N–H and O–H groups in total. The summed E-state index contributed by atoms with van der Waals surface area (Å²) in [6.07, 6.45) is 0. The molecule has 0 fully saturated rings. The van der Waals surface area contributed by atoms with E-state index in [0.717, 1.165) is 17.4 Å². The number of halogens is 2. The number of carbonyl (C=O) groups excluding carboxylic acids is 1. The van der Waals surface area contributed by atoms with Gasteiger partial charge in [-0.1, -0.05) is 39.0 Å². The smallest absolute Gasteiger partial charge is 0.279 e. The van der Waals surface area contributed by atoms with Gasteiger partial charge in [0.1, 0.15) is 5.82 Å². The molecule has 10 heteroatoms. The number of sulfonamides is 1. The van der Waals surface area contributed by atoms with Crippen molar-refractivity contribution in [2.45, 2.75) is 32.6 Å². The number of hydrogen-bond acceptors (Lipinski definition) is 4. The van der Waals surface area contributed by atoms with Crippen LogP contribution in [0.25, 0.3) is 10.2 Å². The quantitative estimate of drug-likeness (QED) is 0.482. The Bertz CT molecular complexity index is 1330. The van der Waals surface area contributed by atoms with E-state index in [2.05, 4.69) is 4.99 Å². The van der Waals surface area contributed by atoms with E-state index in [9.17, 15) is 22.0 Å². The minimum atomic E-state index is -3.71. The Kier molecular flexibility index (Phi) is 7.50. The second-order valence-electron chi connectivity index (χ2n) is 8.73. The van der Waals surface area contributed by atoms with Crippen LogP contribution in [0.1, 0.15) is 38.1 Å². The fourth-order valence-electron chi connectivity index (χ4n) is 3.46. The summed E-state index contributed by atoms with van der Waals surface area (Å²) in [5.74, 6) is -1.72. The molecule has 6 nitrogen and oxygen atoms in total. The largest absolute Gasteiger partial charge is 0.317 e. The number of aryl methyl sites for hydroxylation is 1.